The summed E-state index contributed by atoms with van der Waals surface area (Å²) in [4.78, 5) is 30.7. The second-order valence-corrected chi connectivity index (χ2v) is 7.71. The van der Waals surface area contributed by atoms with Crippen molar-refractivity contribution in [3.8, 4) is 34.3 Å². The van der Waals surface area contributed by atoms with Crippen LogP contribution < -0.4 is 18.9 Å². The maximum Gasteiger partial charge on any atom is 0.339 e. The minimum absolute atomic E-state index is 0.259. The first-order valence-electron chi connectivity index (χ1n) is 11.0. The molecule has 0 spiro atoms. The van der Waals surface area contributed by atoms with E-state index < -0.39 is 18.4 Å². The Morgan fingerprint density at radius 1 is 0.722 bits per heavy atom. The lowest BCUT2D eigenvalue weighted by molar-refractivity contribution is 0.0476. The van der Waals surface area contributed by atoms with Crippen LogP contribution in [0.25, 0.3) is 22.2 Å². The highest BCUT2D eigenvalue weighted by Crippen LogP contribution is 2.33. The monoisotopic (exact) mass is 487 g/mol. The van der Waals surface area contributed by atoms with Crippen molar-refractivity contribution in [2.24, 2.45) is 0 Å². The molecule has 1 heterocycles. The zero-order valence-corrected chi connectivity index (χ0v) is 20.4. The number of rotatable bonds is 9. The van der Waals surface area contributed by atoms with Gasteiger partial charge in [-0.05, 0) is 48.5 Å². The molecule has 0 atom stereocenters. The third-order valence-corrected chi connectivity index (χ3v) is 5.66. The molecule has 0 N–H and O–H groups in total. The molecule has 0 amide bonds. The van der Waals surface area contributed by atoms with Crippen molar-refractivity contribution < 1.29 is 33.3 Å². The first kappa shape index (κ1) is 24.5. The van der Waals surface area contributed by atoms with Crippen LogP contribution in [0.5, 0.6) is 23.0 Å². The highest BCUT2D eigenvalue weighted by atomic mass is 16.5. The van der Waals surface area contributed by atoms with E-state index in [0.717, 1.165) is 5.56 Å². The van der Waals surface area contributed by atoms with E-state index in [-0.39, 0.29) is 11.1 Å². The van der Waals surface area contributed by atoms with E-state index in [1.165, 1.54) is 14.2 Å². The molecule has 3 aromatic carbocycles. The predicted molar refractivity (Wildman–Crippen MR) is 134 cm³/mol. The number of benzene rings is 3. The highest BCUT2D eigenvalue weighted by molar-refractivity contribution is 6.06. The summed E-state index contributed by atoms with van der Waals surface area (Å²) in [5.41, 5.74) is 2.43. The summed E-state index contributed by atoms with van der Waals surface area (Å²) in [6.45, 7) is -0.468. The molecule has 1 aromatic heterocycles. The van der Waals surface area contributed by atoms with Crippen LogP contribution in [0, 0.1) is 0 Å². The van der Waals surface area contributed by atoms with E-state index in [9.17, 15) is 9.59 Å². The number of aromatic nitrogens is 1. The molecular weight excluding hydrogens is 462 g/mol. The van der Waals surface area contributed by atoms with Gasteiger partial charge < -0.3 is 23.7 Å². The van der Waals surface area contributed by atoms with Gasteiger partial charge in [0.05, 0.1) is 50.8 Å². The number of Topliss-reactive ketones (excluding diaryl/α,β-unsaturated/α-hetero) is 1. The summed E-state index contributed by atoms with van der Waals surface area (Å²) in [5.74, 6) is 0.898. The number of ether oxygens (including phenoxy) is 5. The molecule has 0 aliphatic rings. The average molecular weight is 488 g/mol. The second kappa shape index (κ2) is 10.8. The minimum atomic E-state index is -0.648. The summed E-state index contributed by atoms with van der Waals surface area (Å²) in [6.07, 6.45) is 0. The molecule has 0 unspecified atom stereocenters. The van der Waals surface area contributed by atoms with Crippen molar-refractivity contribution in [1.82, 2.24) is 4.98 Å². The number of hydrogen-bond donors (Lipinski definition) is 0. The first-order chi connectivity index (χ1) is 17.5. The molecule has 0 saturated carbocycles. The Bertz CT molecular complexity index is 1430. The average Bonchev–Trinajstić information content (AvgIpc) is 2.94. The van der Waals surface area contributed by atoms with Crippen LogP contribution in [0.15, 0.2) is 66.7 Å². The second-order valence-electron chi connectivity index (χ2n) is 7.71. The molecule has 36 heavy (non-hydrogen) atoms. The van der Waals surface area contributed by atoms with Gasteiger partial charge in [-0.2, -0.15) is 0 Å². The third kappa shape index (κ3) is 4.93. The number of methoxy groups -OCH3 is 4. The van der Waals surface area contributed by atoms with Gasteiger partial charge in [0.15, 0.2) is 18.1 Å². The summed E-state index contributed by atoms with van der Waals surface area (Å²) in [6, 6.07) is 19.1. The fourth-order valence-electron chi connectivity index (χ4n) is 3.81. The van der Waals surface area contributed by atoms with Crippen molar-refractivity contribution in [3.63, 3.8) is 0 Å². The minimum Gasteiger partial charge on any atom is -0.497 e. The van der Waals surface area contributed by atoms with Crippen molar-refractivity contribution >= 4 is 22.7 Å². The van der Waals surface area contributed by atoms with Crippen LogP contribution in [0.2, 0.25) is 0 Å². The molecular formula is C28H25NO7. The molecule has 0 aliphatic carbocycles. The van der Waals surface area contributed by atoms with Gasteiger partial charge >= 0.3 is 5.97 Å². The maximum absolute atomic E-state index is 13.2. The highest BCUT2D eigenvalue weighted by Gasteiger charge is 2.20. The van der Waals surface area contributed by atoms with E-state index in [4.69, 9.17) is 28.7 Å². The van der Waals surface area contributed by atoms with Crippen LogP contribution in [0.3, 0.4) is 0 Å². The van der Waals surface area contributed by atoms with E-state index in [2.05, 4.69) is 0 Å². The van der Waals surface area contributed by atoms with Crippen LogP contribution in [-0.2, 0) is 4.74 Å². The molecule has 4 rings (SSSR count). The first-order valence-corrected chi connectivity index (χ1v) is 11.0. The van der Waals surface area contributed by atoms with Gasteiger partial charge in [-0.15, -0.1) is 0 Å². The lowest BCUT2D eigenvalue weighted by Crippen LogP contribution is -2.15. The Morgan fingerprint density at radius 2 is 1.44 bits per heavy atom. The molecule has 8 heteroatoms. The standard InChI is InChI=1S/C28H25NO7/c1-32-18-10-12-25(33-2)21(14-18)24(30)16-36-28(31)20-15-23(29-22-8-6-5-7-19(20)22)17-9-11-26(34-3)27(13-17)35-4/h5-15H,16H2,1-4H3. The molecule has 0 fully saturated rings. The summed E-state index contributed by atoms with van der Waals surface area (Å²) >= 11 is 0. The normalized spacial score (nSPS) is 10.6. The number of carbonyl (C=O) groups is 2. The SMILES string of the molecule is COc1ccc(OC)c(C(=O)COC(=O)c2cc(-c3ccc(OC)c(OC)c3)nc3ccccc23)c1. The van der Waals surface area contributed by atoms with E-state index in [1.807, 2.05) is 24.3 Å². The van der Waals surface area contributed by atoms with Crippen molar-refractivity contribution in [2.75, 3.05) is 35.0 Å². The topological polar surface area (TPSA) is 93.2 Å². The van der Waals surface area contributed by atoms with E-state index in [1.54, 1.807) is 56.7 Å². The zero-order chi connectivity index (χ0) is 25.7. The van der Waals surface area contributed by atoms with Gasteiger partial charge in [0, 0.05) is 10.9 Å². The maximum atomic E-state index is 13.2. The number of hydrogen-bond acceptors (Lipinski definition) is 8. The van der Waals surface area contributed by atoms with Gasteiger partial charge in [0.1, 0.15) is 11.5 Å². The number of pyridine rings is 1. The smallest absolute Gasteiger partial charge is 0.339 e. The predicted octanol–water partition coefficient (Wildman–Crippen LogP) is 4.98. The molecule has 0 radical (unpaired) electrons. The summed E-state index contributed by atoms with van der Waals surface area (Å²) < 4.78 is 26.6. The molecule has 184 valence electrons. The Kier molecular flexibility index (Phi) is 7.34. The quantitative estimate of drug-likeness (QED) is 0.241. The molecule has 0 bridgehead atoms. The number of fused-ring (bicyclic) bond motifs is 1. The number of carbonyl (C=O) groups excluding carboxylic acids is 2. The molecule has 8 nitrogen and oxygen atoms in total. The van der Waals surface area contributed by atoms with Crippen molar-refractivity contribution in [1.29, 1.82) is 0 Å². The number of nitrogens with zero attached hydrogens (tertiary/aromatic N) is 1. The van der Waals surface area contributed by atoms with Gasteiger partial charge in [-0.1, -0.05) is 18.2 Å². The Labute approximate surface area is 208 Å². The largest absolute Gasteiger partial charge is 0.497 e. The van der Waals surface area contributed by atoms with Crippen LogP contribution >= 0.6 is 0 Å². The molecule has 0 aliphatic heterocycles. The Balaban J connectivity index is 1.66. The fourth-order valence-corrected chi connectivity index (χ4v) is 3.81. The van der Waals surface area contributed by atoms with Crippen LogP contribution in [-0.4, -0.2) is 51.8 Å². The van der Waals surface area contributed by atoms with Gasteiger partial charge in [0.25, 0.3) is 0 Å². The number of para-hydroxylation sites is 1. The summed E-state index contributed by atoms with van der Waals surface area (Å²) in [7, 11) is 6.07. The van der Waals surface area contributed by atoms with Gasteiger partial charge in [0.2, 0.25) is 5.78 Å². The van der Waals surface area contributed by atoms with Crippen molar-refractivity contribution in [3.05, 3.63) is 77.9 Å². The third-order valence-electron chi connectivity index (χ3n) is 5.66. The zero-order valence-electron chi connectivity index (χ0n) is 20.4. The van der Waals surface area contributed by atoms with Crippen molar-refractivity contribution in [2.45, 2.75) is 0 Å². The van der Waals surface area contributed by atoms with Crippen LogP contribution in [0.1, 0.15) is 20.7 Å². The Hall–Kier alpha value is -4.59. The van der Waals surface area contributed by atoms with Gasteiger partial charge in [-0.3, -0.25) is 4.79 Å². The lowest BCUT2D eigenvalue weighted by atomic mass is 10.0. The molecule has 4 aromatic rings. The van der Waals surface area contributed by atoms with Crippen LogP contribution in [0.4, 0.5) is 0 Å². The van der Waals surface area contributed by atoms with Gasteiger partial charge in [-0.25, -0.2) is 9.78 Å². The summed E-state index contributed by atoms with van der Waals surface area (Å²) in [5, 5.41) is 0.609. The Morgan fingerprint density at radius 3 is 2.17 bits per heavy atom. The number of ketones is 1. The fraction of sp³-hybridized carbons (Fsp3) is 0.179. The van der Waals surface area contributed by atoms with E-state index >= 15 is 0 Å². The lowest BCUT2D eigenvalue weighted by Gasteiger charge is -2.13. The molecule has 0 saturated heterocycles. The number of esters is 1. The van der Waals surface area contributed by atoms with E-state index in [0.29, 0.717) is 39.6 Å².